The zero-order valence-electron chi connectivity index (χ0n) is 14.6. The van der Waals surface area contributed by atoms with Crippen LogP contribution in [0.15, 0.2) is 60.7 Å². The molecule has 0 saturated heterocycles. The molecule has 0 heterocycles. The predicted octanol–water partition coefficient (Wildman–Crippen LogP) is 4.54. The summed E-state index contributed by atoms with van der Waals surface area (Å²) in [5, 5.41) is 8.74. The maximum atomic E-state index is 12.0. The van der Waals surface area contributed by atoms with E-state index >= 15 is 0 Å². The monoisotopic (exact) mass is 368 g/mol. The minimum absolute atomic E-state index is 0.183. The Morgan fingerprint density at radius 2 is 1.85 bits per heavy atom. The molecule has 26 heavy (non-hydrogen) atoms. The summed E-state index contributed by atoms with van der Waals surface area (Å²) >= 11 is 5.85. The molecule has 3 rings (SSSR count). The second-order valence-corrected chi connectivity index (χ2v) is 6.43. The van der Waals surface area contributed by atoms with Crippen molar-refractivity contribution in [1.82, 2.24) is 10.6 Å². The highest BCUT2D eigenvalue weighted by Crippen LogP contribution is 2.24. The molecule has 2 amide bonds. The summed E-state index contributed by atoms with van der Waals surface area (Å²) < 4.78 is 5.31. The lowest BCUT2D eigenvalue weighted by molar-refractivity contribution is 0.240. The Morgan fingerprint density at radius 1 is 1.04 bits per heavy atom. The number of halogens is 1. The lowest BCUT2D eigenvalue weighted by Gasteiger charge is -2.10. The van der Waals surface area contributed by atoms with Crippen LogP contribution < -0.4 is 15.4 Å². The molecule has 0 atom stereocenters. The van der Waals surface area contributed by atoms with Crippen molar-refractivity contribution >= 4 is 28.4 Å². The van der Waals surface area contributed by atoms with Crippen molar-refractivity contribution in [3.05, 3.63) is 76.8 Å². The average Bonchev–Trinajstić information content (AvgIpc) is 2.67. The van der Waals surface area contributed by atoms with Gasteiger partial charge >= 0.3 is 6.03 Å². The quantitative estimate of drug-likeness (QED) is 0.671. The Hall–Kier alpha value is -2.72. The number of urea groups is 1. The first kappa shape index (κ1) is 18.1. The molecular formula is C21H21ClN2O2. The molecule has 4 nitrogen and oxygen atoms in total. The van der Waals surface area contributed by atoms with E-state index in [0.29, 0.717) is 18.1 Å². The molecule has 3 aromatic carbocycles. The van der Waals surface area contributed by atoms with Gasteiger partial charge in [0, 0.05) is 18.1 Å². The molecule has 0 aliphatic rings. The molecule has 0 bridgehead atoms. The highest BCUT2D eigenvalue weighted by molar-refractivity contribution is 6.30. The van der Waals surface area contributed by atoms with Crippen molar-refractivity contribution in [2.75, 3.05) is 13.7 Å². The fourth-order valence-electron chi connectivity index (χ4n) is 2.82. The van der Waals surface area contributed by atoms with Gasteiger partial charge in [-0.1, -0.05) is 48.0 Å². The van der Waals surface area contributed by atoms with Gasteiger partial charge in [-0.05, 0) is 52.6 Å². The van der Waals surface area contributed by atoms with E-state index in [1.807, 2.05) is 48.5 Å². The van der Waals surface area contributed by atoms with Crippen LogP contribution in [-0.2, 0) is 13.0 Å². The topological polar surface area (TPSA) is 50.4 Å². The van der Waals surface area contributed by atoms with Crippen LogP contribution in [0, 0.1) is 0 Å². The van der Waals surface area contributed by atoms with Gasteiger partial charge in [-0.3, -0.25) is 0 Å². The fraction of sp³-hybridized carbons (Fsp3) is 0.190. The summed E-state index contributed by atoms with van der Waals surface area (Å²) in [7, 11) is 1.66. The number of carbonyl (C=O) groups excluding carboxylic acids is 1. The van der Waals surface area contributed by atoms with Crippen LogP contribution in [0.4, 0.5) is 4.79 Å². The lowest BCUT2D eigenvalue weighted by Crippen LogP contribution is -2.36. The molecule has 0 unspecified atom stereocenters. The summed E-state index contributed by atoms with van der Waals surface area (Å²) in [4.78, 5) is 12.0. The maximum Gasteiger partial charge on any atom is 0.315 e. The Bertz CT molecular complexity index is 894. The molecule has 3 aromatic rings. The minimum atomic E-state index is -0.183. The third-order valence-electron chi connectivity index (χ3n) is 4.23. The summed E-state index contributed by atoms with van der Waals surface area (Å²) in [6.45, 7) is 1.03. The van der Waals surface area contributed by atoms with Crippen LogP contribution in [0.25, 0.3) is 10.8 Å². The van der Waals surface area contributed by atoms with Crippen molar-refractivity contribution in [3.63, 3.8) is 0 Å². The molecule has 0 aliphatic heterocycles. The maximum absolute atomic E-state index is 12.0. The fourth-order valence-corrected chi connectivity index (χ4v) is 2.95. The van der Waals surface area contributed by atoms with Gasteiger partial charge in [0.1, 0.15) is 5.75 Å². The number of amides is 2. The van der Waals surface area contributed by atoms with Crippen LogP contribution >= 0.6 is 11.6 Å². The first-order valence-electron chi connectivity index (χ1n) is 8.47. The van der Waals surface area contributed by atoms with Gasteiger partial charge < -0.3 is 15.4 Å². The van der Waals surface area contributed by atoms with E-state index in [1.165, 1.54) is 5.56 Å². The summed E-state index contributed by atoms with van der Waals surface area (Å²) in [6, 6.07) is 19.4. The molecule has 0 radical (unpaired) electrons. The number of methoxy groups -OCH3 is 1. The van der Waals surface area contributed by atoms with Crippen LogP contribution in [0.1, 0.15) is 11.1 Å². The Morgan fingerprint density at radius 3 is 2.62 bits per heavy atom. The summed E-state index contributed by atoms with van der Waals surface area (Å²) in [6.07, 6.45) is 0.749. The number of ether oxygens (including phenoxy) is 1. The number of fused-ring (bicyclic) bond motifs is 1. The molecule has 2 N–H and O–H groups in total. The van der Waals surface area contributed by atoms with Gasteiger partial charge in [0.15, 0.2) is 0 Å². The third kappa shape index (κ3) is 4.67. The van der Waals surface area contributed by atoms with Gasteiger partial charge in [-0.15, -0.1) is 0 Å². The van der Waals surface area contributed by atoms with Gasteiger partial charge in [-0.25, -0.2) is 4.79 Å². The van der Waals surface area contributed by atoms with Crippen molar-refractivity contribution in [3.8, 4) is 5.75 Å². The van der Waals surface area contributed by atoms with E-state index < -0.39 is 0 Å². The molecular weight excluding hydrogens is 348 g/mol. The van der Waals surface area contributed by atoms with Gasteiger partial charge in [-0.2, -0.15) is 0 Å². The zero-order chi connectivity index (χ0) is 18.4. The van der Waals surface area contributed by atoms with E-state index in [0.717, 1.165) is 28.5 Å². The molecule has 5 heteroatoms. The zero-order valence-corrected chi connectivity index (χ0v) is 15.3. The number of carbonyl (C=O) groups is 1. The third-order valence-corrected chi connectivity index (χ3v) is 4.48. The first-order valence-corrected chi connectivity index (χ1v) is 8.85. The summed E-state index contributed by atoms with van der Waals surface area (Å²) in [5.74, 6) is 0.832. The second kappa shape index (κ2) is 8.59. The second-order valence-electron chi connectivity index (χ2n) is 5.99. The van der Waals surface area contributed by atoms with E-state index in [-0.39, 0.29) is 6.03 Å². The molecule has 0 aliphatic carbocycles. The largest absolute Gasteiger partial charge is 0.497 e. The lowest BCUT2D eigenvalue weighted by atomic mass is 10.0. The molecule has 0 fully saturated rings. The highest BCUT2D eigenvalue weighted by atomic mass is 35.5. The van der Waals surface area contributed by atoms with Crippen LogP contribution in [0.3, 0.4) is 0 Å². The van der Waals surface area contributed by atoms with E-state index in [1.54, 1.807) is 7.11 Å². The smallest absolute Gasteiger partial charge is 0.315 e. The summed E-state index contributed by atoms with van der Waals surface area (Å²) in [5.41, 5.74) is 2.19. The number of hydrogen-bond donors (Lipinski definition) is 2. The molecule has 0 saturated carbocycles. The highest BCUT2D eigenvalue weighted by Gasteiger charge is 2.05. The van der Waals surface area contributed by atoms with Crippen LogP contribution in [-0.4, -0.2) is 19.7 Å². The van der Waals surface area contributed by atoms with Crippen molar-refractivity contribution in [2.24, 2.45) is 0 Å². The SMILES string of the molecule is COc1ccc2cccc(CCNC(=O)NCc3ccc(Cl)cc3)c2c1. The van der Waals surface area contributed by atoms with E-state index in [2.05, 4.69) is 22.8 Å². The Balaban J connectivity index is 1.53. The molecule has 134 valence electrons. The predicted molar refractivity (Wildman–Crippen MR) is 106 cm³/mol. The Kier molecular flexibility index (Phi) is 5.97. The van der Waals surface area contributed by atoms with Crippen molar-refractivity contribution in [2.45, 2.75) is 13.0 Å². The normalized spacial score (nSPS) is 10.5. The van der Waals surface area contributed by atoms with Crippen molar-refractivity contribution in [1.29, 1.82) is 0 Å². The minimum Gasteiger partial charge on any atom is -0.497 e. The number of benzene rings is 3. The first-order chi connectivity index (χ1) is 12.7. The van der Waals surface area contributed by atoms with Crippen molar-refractivity contribution < 1.29 is 9.53 Å². The molecule has 0 spiro atoms. The molecule has 0 aromatic heterocycles. The van der Waals surface area contributed by atoms with Gasteiger partial charge in [0.2, 0.25) is 0 Å². The standard InChI is InChI=1S/C21H21ClN2O2/c1-26-19-10-7-16-3-2-4-17(20(16)13-19)11-12-23-21(25)24-14-15-5-8-18(22)9-6-15/h2-10,13H,11-12,14H2,1H3,(H2,23,24,25). The Labute approximate surface area is 158 Å². The van der Waals surface area contributed by atoms with Crippen LogP contribution in [0.5, 0.6) is 5.75 Å². The number of nitrogens with one attached hydrogen (secondary N) is 2. The van der Waals surface area contributed by atoms with E-state index in [4.69, 9.17) is 16.3 Å². The number of rotatable bonds is 6. The number of hydrogen-bond acceptors (Lipinski definition) is 2. The average molecular weight is 369 g/mol. The van der Waals surface area contributed by atoms with Gasteiger partial charge in [0.25, 0.3) is 0 Å². The van der Waals surface area contributed by atoms with E-state index in [9.17, 15) is 4.79 Å². The van der Waals surface area contributed by atoms with Gasteiger partial charge in [0.05, 0.1) is 7.11 Å². The van der Waals surface area contributed by atoms with Crippen LogP contribution in [0.2, 0.25) is 5.02 Å².